The number of H-pyrrole nitrogens is 1. The van der Waals surface area contributed by atoms with E-state index < -0.39 is 0 Å². The van der Waals surface area contributed by atoms with Gasteiger partial charge < -0.3 is 19.5 Å². The summed E-state index contributed by atoms with van der Waals surface area (Å²) in [6, 6.07) is 16.1. The van der Waals surface area contributed by atoms with Gasteiger partial charge in [-0.25, -0.2) is 0 Å². The van der Waals surface area contributed by atoms with Crippen LogP contribution in [0.4, 0.5) is 0 Å². The molecule has 0 fully saturated rings. The number of ether oxygens (including phenoxy) is 1. The summed E-state index contributed by atoms with van der Waals surface area (Å²) in [5.74, 6) is 1.10. The van der Waals surface area contributed by atoms with Crippen LogP contribution in [0.1, 0.15) is 45.2 Å². The summed E-state index contributed by atoms with van der Waals surface area (Å²) in [7, 11) is 0. The van der Waals surface area contributed by atoms with Crippen LogP contribution >= 0.6 is 0 Å². The molecule has 2 aromatic carbocycles. The quantitative estimate of drug-likeness (QED) is 0.410. The van der Waals surface area contributed by atoms with Crippen LogP contribution in [0.15, 0.2) is 54.7 Å². The van der Waals surface area contributed by atoms with E-state index in [4.69, 9.17) is 4.74 Å². The van der Waals surface area contributed by atoms with Crippen molar-refractivity contribution in [2.24, 2.45) is 5.92 Å². The highest BCUT2D eigenvalue weighted by Crippen LogP contribution is 2.20. The van der Waals surface area contributed by atoms with Crippen molar-refractivity contribution < 1.29 is 14.3 Å². The predicted molar refractivity (Wildman–Crippen MR) is 137 cm³/mol. The number of aromatic nitrogens is 1. The first-order valence-corrected chi connectivity index (χ1v) is 12.2. The van der Waals surface area contributed by atoms with Crippen LogP contribution < -0.4 is 4.74 Å². The Kier molecular flexibility index (Phi) is 9.14. The monoisotopic (exact) mass is 463 g/mol. The van der Waals surface area contributed by atoms with E-state index in [1.807, 2.05) is 61.3 Å². The smallest absolute Gasteiger partial charge is 0.242 e. The lowest BCUT2D eigenvalue weighted by molar-refractivity contribution is -0.141. The molecule has 1 heterocycles. The highest BCUT2D eigenvalue weighted by molar-refractivity contribution is 5.85. The van der Waals surface area contributed by atoms with E-state index in [2.05, 4.69) is 31.0 Å². The van der Waals surface area contributed by atoms with Crippen molar-refractivity contribution in [2.45, 2.75) is 47.1 Å². The van der Waals surface area contributed by atoms with Gasteiger partial charge in [-0.1, -0.05) is 51.1 Å². The molecule has 0 aliphatic carbocycles. The number of hydrogen-bond donors (Lipinski definition) is 1. The molecule has 0 saturated carbocycles. The third-order valence-corrected chi connectivity index (χ3v) is 5.85. The van der Waals surface area contributed by atoms with Gasteiger partial charge in [0, 0.05) is 43.2 Å². The number of aromatic amines is 1. The average Bonchev–Trinajstić information content (AvgIpc) is 3.24. The number of hydrogen-bond acceptors (Lipinski definition) is 3. The van der Waals surface area contributed by atoms with E-state index in [9.17, 15) is 9.59 Å². The summed E-state index contributed by atoms with van der Waals surface area (Å²) in [6.07, 6.45) is 3.16. The summed E-state index contributed by atoms with van der Waals surface area (Å²) < 4.78 is 5.55. The maximum Gasteiger partial charge on any atom is 0.242 e. The van der Waals surface area contributed by atoms with Crippen molar-refractivity contribution >= 4 is 22.7 Å². The summed E-state index contributed by atoms with van der Waals surface area (Å²) in [5.41, 5.74) is 3.32. The summed E-state index contributed by atoms with van der Waals surface area (Å²) in [5, 5.41) is 1.18. The van der Waals surface area contributed by atoms with E-state index in [1.165, 1.54) is 10.9 Å². The zero-order valence-electron chi connectivity index (χ0n) is 20.8. The second-order valence-corrected chi connectivity index (χ2v) is 9.02. The number of fused-ring (bicyclic) bond motifs is 1. The summed E-state index contributed by atoms with van der Waals surface area (Å²) >= 11 is 0. The van der Waals surface area contributed by atoms with Crippen LogP contribution in [-0.2, 0) is 22.6 Å². The standard InChI is InChI=1S/C28H37N3O3/c1-5-27(32)31(18-21(3)4)20-28(33)30(19-22-11-13-24(14-12-22)34-6-2)16-15-23-17-29-26-10-8-7-9-25(23)26/h7-14,17,21,29H,5-6,15-16,18-20H2,1-4H3. The van der Waals surface area contributed by atoms with Gasteiger partial charge in [0.15, 0.2) is 0 Å². The Labute approximate surface area is 202 Å². The third-order valence-electron chi connectivity index (χ3n) is 5.85. The minimum atomic E-state index is -0.0313. The van der Waals surface area contributed by atoms with Crippen molar-refractivity contribution in [1.29, 1.82) is 0 Å². The van der Waals surface area contributed by atoms with Crippen LogP contribution in [0, 0.1) is 5.92 Å². The topological polar surface area (TPSA) is 65.6 Å². The third kappa shape index (κ3) is 6.86. The van der Waals surface area contributed by atoms with Gasteiger partial charge in [-0.2, -0.15) is 0 Å². The van der Waals surface area contributed by atoms with Crippen LogP contribution in [0.5, 0.6) is 5.75 Å². The fourth-order valence-corrected chi connectivity index (χ4v) is 4.15. The molecule has 3 rings (SSSR count). The minimum Gasteiger partial charge on any atom is -0.494 e. The molecule has 182 valence electrons. The van der Waals surface area contributed by atoms with Gasteiger partial charge >= 0.3 is 0 Å². The maximum atomic E-state index is 13.5. The van der Waals surface area contributed by atoms with Crippen molar-refractivity contribution in [2.75, 3.05) is 26.2 Å². The van der Waals surface area contributed by atoms with Gasteiger partial charge in [0.25, 0.3) is 0 Å². The van der Waals surface area contributed by atoms with E-state index in [0.717, 1.165) is 23.3 Å². The Bertz CT molecular complexity index is 1070. The maximum absolute atomic E-state index is 13.5. The second-order valence-electron chi connectivity index (χ2n) is 9.02. The normalized spacial score (nSPS) is 11.1. The number of carbonyl (C=O) groups is 2. The van der Waals surface area contributed by atoms with Crippen molar-refractivity contribution in [3.8, 4) is 5.75 Å². The van der Waals surface area contributed by atoms with E-state index in [0.29, 0.717) is 38.6 Å². The zero-order chi connectivity index (χ0) is 24.5. The molecule has 2 amide bonds. The summed E-state index contributed by atoms with van der Waals surface area (Å²) in [4.78, 5) is 32.8. The first-order chi connectivity index (χ1) is 16.4. The predicted octanol–water partition coefficient (Wildman–Crippen LogP) is 5.03. The highest BCUT2D eigenvalue weighted by atomic mass is 16.5. The Hall–Kier alpha value is -3.28. The zero-order valence-corrected chi connectivity index (χ0v) is 20.8. The van der Waals surface area contributed by atoms with Gasteiger partial charge in [-0.05, 0) is 48.6 Å². The molecule has 0 bridgehead atoms. The number of para-hydroxylation sites is 1. The molecule has 0 aliphatic rings. The van der Waals surface area contributed by atoms with Gasteiger partial charge in [0.1, 0.15) is 5.75 Å². The average molecular weight is 464 g/mol. The highest BCUT2D eigenvalue weighted by Gasteiger charge is 2.22. The van der Waals surface area contributed by atoms with Gasteiger partial charge in [-0.15, -0.1) is 0 Å². The van der Waals surface area contributed by atoms with Crippen LogP contribution in [-0.4, -0.2) is 52.8 Å². The number of benzene rings is 2. The molecular weight excluding hydrogens is 426 g/mol. The van der Waals surface area contributed by atoms with Crippen LogP contribution in [0.3, 0.4) is 0 Å². The molecule has 0 radical (unpaired) electrons. The Morgan fingerprint density at radius 2 is 1.71 bits per heavy atom. The number of nitrogens with one attached hydrogen (secondary N) is 1. The lowest BCUT2D eigenvalue weighted by Gasteiger charge is -2.29. The molecule has 1 aromatic heterocycles. The number of carbonyl (C=O) groups excluding carboxylic acids is 2. The largest absolute Gasteiger partial charge is 0.494 e. The first kappa shape index (κ1) is 25.3. The van der Waals surface area contributed by atoms with E-state index in [-0.39, 0.29) is 18.4 Å². The van der Waals surface area contributed by atoms with Crippen molar-refractivity contribution in [3.63, 3.8) is 0 Å². The fourth-order valence-electron chi connectivity index (χ4n) is 4.15. The lowest BCUT2D eigenvalue weighted by Crippen LogP contribution is -2.44. The molecule has 3 aromatic rings. The molecule has 34 heavy (non-hydrogen) atoms. The molecule has 1 N–H and O–H groups in total. The Morgan fingerprint density at radius 1 is 0.971 bits per heavy atom. The molecule has 6 nitrogen and oxygen atoms in total. The van der Waals surface area contributed by atoms with Crippen LogP contribution in [0.25, 0.3) is 10.9 Å². The minimum absolute atomic E-state index is 0.0136. The van der Waals surface area contributed by atoms with Gasteiger partial charge in [0.05, 0.1) is 13.2 Å². The number of amides is 2. The molecule has 0 saturated heterocycles. The van der Waals surface area contributed by atoms with Crippen LogP contribution in [0.2, 0.25) is 0 Å². The summed E-state index contributed by atoms with van der Waals surface area (Å²) in [6.45, 7) is 10.3. The second kappa shape index (κ2) is 12.3. The molecule has 6 heteroatoms. The lowest BCUT2D eigenvalue weighted by atomic mass is 10.1. The number of rotatable bonds is 12. The van der Waals surface area contributed by atoms with Gasteiger partial charge in [-0.3, -0.25) is 9.59 Å². The molecular formula is C28H37N3O3. The fraction of sp³-hybridized carbons (Fsp3) is 0.429. The molecule has 0 spiro atoms. The van der Waals surface area contributed by atoms with E-state index in [1.54, 1.807) is 4.90 Å². The van der Waals surface area contributed by atoms with Gasteiger partial charge in [0.2, 0.25) is 11.8 Å². The molecule has 0 atom stereocenters. The van der Waals surface area contributed by atoms with Crippen molar-refractivity contribution in [1.82, 2.24) is 14.8 Å². The number of nitrogens with zero attached hydrogens (tertiary/aromatic N) is 2. The SMILES string of the molecule is CCOc1ccc(CN(CCc2c[nH]c3ccccc23)C(=O)CN(CC(C)C)C(=O)CC)cc1. The van der Waals surface area contributed by atoms with E-state index >= 15 is 0 Å². The Balaban J connectivity index is 1.78. The first-order valence-electron chi connectivity index (χ1n) is 12.2. The van der Waals surface area contributed by atoms with Crippen molar-refractivity contribution in [3.05, 3.63) is 65.9 Å². The molecule has 0 aliphatic heterocycles. The Morgan fingerprint density at radius 3 is 2.38 bits per heavy atom. The molecule has 0 unspecified atom stereocenters.